The molecule has 1 heterocycles. The highest BCUT2D eigenvalue weighted by atomic mass is 16.5. The van der Waals surface area contributed by atoms with Crippen LogP contribution in [-0.2, 0) is 14.3 Å². The predicted octanol–water partition coefficient (Wildman–Crippen LogP) is 0.901. The minimum absolute atomic E-state index is 0.0274. The lowest BCUT2D eigenvalue weighted by Gasteiger charge is -2.35. The summed E-state index contributed by atoms with van der Waals surface area (Å²) in [6.45, 7) is 1.45. The minimum atomic E-state index is -0.873. The average Bonchev–Trinajstić information content (AvgIpc) is 2.99. The van der Waals surface area contributed by atoms with Gasteiger partial charge < -0.3 is 14.7 Å². The zero-order chi connectivity index (χ0) is 13.4. The fourth-order valence-electron chi connectivity index (χ4n) is 3.54. The fraction of sp³-hybridized carbons (Fsp3) is 0.714. The molecule has 1 saturated heterocycles. The van der Waals surface area contributed by atoms with E-state index in [0.29, 0.717) is 31.5 Å². The van der Waals surface area contributed by atoms with Gasteiger partial charge in [0.1, 0.15) is 0 Å². The van der Waals surface area contributed by atoms with Crippen molar-refractivity contribution in [3.05, 3.63) is 12.2 Å². The number of fused-ring (bicyclic) bond motifs is 2. The van der Waals surface area contributed by atoms with E-state index in [4.69, 9.17) is 9.84 Å². The van der Waals surface area contributed by atoms with Crippen molar-refractivity contribution in [1.82, 2.24) is 4.90 Å². The van der Waals surface area contributed by atoms with Gasteiger partial charge in [-0.15, -0.1) is 0 Å². The number of hydrogen-bond acceptors (Lipinski definition) is 3. The molecule has 2 bridgehead atoms. The molecule has 1 saturated carbocycles. The van der Waals surface area contributed by atoms with Crippen LogP contribution in [-0.4, -0.2) is 47.7 Å². The summed E-state index contributed by atoms with van der Waals surface area (Å²) in [5, 5.41) is 8.80. The van der Waals surface area contributed by atoms with E-state index < -0.39 is 5.97 Å². The van der Waals surface area contributed by atoms with Crippen LogP contribution >= 0.6 is 0 Å². The van der Waals surface area contributed by atoms with Crippen molar-refractivity contribution in [2.75, 3.05) is 19.7 Å². The summed E-state index contributed by atoms with van der Waals surface area (Å²) in [6, 6.07) is 0. The molecule has 5 heteroatoms. The zero-order valence-electron chi connectivity index (χ0n) is 10.8. The van der Waals surface area contributed by atoms with E-state index in [0.717, 1.165) is 12.8 Å². The summed E-state index contributed by atoms with van der Waals surface area (Å²) in [5.74, 6) is 0.407. The lowest BCUT2D eigenvalue weighted by molar-refractivity contribution is -0.150. The van der Waals surface area contributed by atoms with E-state index in [1.807, 2.05) is 0 Å². The topological polar surface area (TPSA) is 66.8 Å². The second kappa shape index (κ2) is 4.96. The maximum absolute atomic E-state index is 12.5. The number of nitrogens with zero attached hydrogens (tertiary/aromatic N) is 1. The molecule has 19 heavy (non-hydrogen) atoms. The van der Waals surface area contributed by atoms with Gasteiger partial charge in [-0.05, 0) is 24.7 Å². The molecule has 0 radical (unpaired) electrons. The van der Waals surface area contributed by atoms with Crippen molar-refractivity contribution < 1.29 is 19.4 Å². The summed E-state index contributed by atoms with van der Waals surface area (Å²) in [5.41, 5.74) is 0. The van der Waals surface area contributed by atoms with Gasteiger partial charge in [0.15, 0.2) is 0 Å². The normalized spacial score (nSPS) is 36.7. The van der Waals surface area contributed by atoms with Crippen LogP contribution in [0.3, 0.4) is 0 Å². The number of hydrogen-bond donors (Lipinski definition) is 1. The number of carbonyl (C=O) groups is 2. The molecule has 3 rings (SSSR count). The maximum Gasteiger partial charge on any atom is 0.306 e. The van der Waals surface area contributed by atoms with Crippen LogP contribution in [0.5, 0.6) is 0 Å². The van der Waals surface area contributed by atoms with Gasteiger partial charge in [-0.1, -0.05) is 12.2 Å². The van der Waals surface area contributed by atoms with E-state index in [-0.39, 0.29) is 24.3 Å². The quantitative estimate of drug-likeness (QED) is 0.770. The molecular weight excluding hydrogens is 246 g/mol. The lowest BCUT2D eigenvalue weighted by atomic mass is 9.92. The van der Waals surface area contributed by atoms with Gasteiger partial charge in [0.2, 0.25) is 5.91 Å². The number of ether oxygens (including phenoxy) is 1. The van der Waals surface area contributed by atoms with Gasteiger partial charge in [-0.2, -0.15) is 0 Å². The number of carbonyl (C=O) groups excluding carboxylic acids is 1. The summed E-state index contributed by atoms with van der Waals surface area (Å²) in [4.78, 5) is 25.0. The molecule has 2 fully saturated rings. The molecule has 0 unspecified atom stereocenters. The molecule has 1 amide bonds. The molecule has 0 aromatic carbocycles. The highest BCUT2D eigenvalue weighted by Crippen LogP contribution is 2.44. The Hall–Kier alpha value is -1.36. The summed E-state index contributed by atoms with van der Waals surface area (Å²) >= 11 is 0. The molecule has 104 valence electrons. The smallest absolute Gasteiger partial charge is 0.306 e. The average molecular weight is 265 g/mol. The number of rotatable bonds is 3. The molecule has 0 aromatic rings. The van der Waals surface area contributed by atoms with Gasteiger partial charge in [-0.3, -0.25) is 9.59 Å². The highest BCUT2D eigenvalue weighted by Gasteiger charge is 2.42. The lowest BCUT2D eigenvalue weighted by Crippen LogP contribution is -2.48. The predicted molar refractivity (Wildman–Crippen MR) is 67.4 cm³/mol. The van der Waals surface area contributed by atoms with E-state index in [1.54, 1.807) is 4.90 Å². The molecule has 1 aliphatic heterocycles. The van der Waals surface area contributed by atoms with Crippen molar-refractivity contribution in [1.29, 1.82) is 0 Å². The van der Waals surface area contributed by atoms with E-state index in [9.17, 15) is 9.59 Å². The second-order valence-electron chi connectivity index (χ2n) is 5.76. The van der Waals surface area contributed by atoms with Gasteiger partial charge in [0.05, 0.1) is 19.1 Å². The third-order valence-electron chi connectivity index (χ3n) is 4.45. The monoisotopic (exact) mass is 265 g/mol. The van der Waals surface area contributed by atoms with Gasteiger partial charge in [-0.25, -0.2) is 0 Å². The Balaban J connectivity index is 1.60. The number of allylic oxidation sites excluding steroid dienone is 2. The maximum atomic E-state index is 12.5. The van der Waals surface area contributed by atoms with Gasteiger partial charge >= 0.3 is 5.97 Å². The van der Waals surface area contributed by atoms with Crippen molar-refractivity contribution in [3.63, 3.8) is 0 Å². The van der Waals surface area contributed by atoms with Crippen LogP contribution in [0.2, 0.25) is 0 Å². The molecule has 0 spiro atoms. The van der Waals surface area contributed by atoms with Gasteiger partial charge in [0.25, 0.3) is 0 Å². The molecule has 1 N–H and O–H groups in total. The summed E-state index contributed by atoms with van der Waals surface area (Å²) in [7, 11) is 0. The molecular formula is C14H19NO4. The molecule has 4 atom stereocenters. The SMILES string of the molecule is O=C(O)C[C@@H]1CN(C(=O)[C@@H]2C[C@H]3C=C[C@H]2C3)CCO1. The number of amides is 1. The number of carboxylic acid groups (broad SMARTS) is 1. The summed E-state index contributed by atoms with van der Waals surface area (Å²) < 4.78 is 5.41. The largest absolute Gasteiger partial charge is 0.481 e. The Kier molecular flexibility index (Phi) is 3.31. The third kappa shape index (κ3) is 2.52. The first-order valence-electron chi connectivity index (χ1n) is 6.94. The van der Waals surface area contributed by atoms with Crippen LogP contribution < -0.4 is 0 Å². The first-order chi connectivity index (χ1) is 9.13. The Bertz CT molecular complexity index is 420. The van der Waals surface area contributed by atoms with Crippen LogP contribution in [0.4, 0.5) is 0 Å². The number of aliphatic carboxylic acids is 1. The van der Waals surface area contributed by atoms with Crippen molar-refractivity contribution in [2.45, 2.75) is 25.4 Å². The van der Waals surface area contributed by atoms with E-state index >= 15 is 0 Å². The van der Waals surface area contributed by atoms with Crippen LogP contribution in [0.15, 0.2) is 12.2 Å². The number of carboxylic acids is 1. The molecule has 3 aliphatic rings. The van der Waals surface area contributed by atoms with Crippen molar-refractivity contribution in [2.24, 2.45) is 17.8 Å². The first-order valence-corrected chi connectivity index (χ1v) is 6.94. The second-order valence-corrected chi connectivity index (χ2v) is 5.76. The Labute approximate surface area is 112 Å². The van der Waals surface area contributed by atoms with E-state index in [2.05, 4.69) is 12.2 Å². The van der Waals surface area contributed by atoms with Crippen LogP contribution in [0, 0.1) is 17.8 Å². The minimum Gasteiger partial charge on any atom is -0.481 e. The Morgan fingerprint density at radius 3 is 2.79 bits per heavy atom. The first kappa shape index (κ1) is 12.7. The van der Waals surface area contributed by atoms with Crippen molar-refractivity contribution in [3.8, 4) is 0 Å². The van der Waals surface area contributed by atoms with E-state index in [1.165, 1.54) is 0 Å². The third-order valence-corrected chi connectivity index (χ3v) is 4.45. The highest BCUT2D eigenvalue weighted by molar-refractivity contribution is 5.80. The Morgan fingerprint density at radius 2 is 2.16 bits per heavy atom. The molecule has 0 aromatic heterocycles. The number of morpholine rings is 1. The van der Waals surface area contributed by atoms with Gasteiger partial charge in [0, 0.05) is 19.0 Å². The Morgan fingerprint density at radius 1 is 1.32 bits per heavy atom. The van der Waals surface area contributed by atoms with Crippen LogP contribution in [0.1, 0.15) is 19.3 Å². The molecule has 2 aliphatic carbocycles. The van der Waals surface area contributed by atoms with Crippen molar-refractivity contribution >= 4 is 11.9 Å². The summed E-state index contributed by atoms with van der Waals surface area (Å²) in [6.07, 6.45) is 6.08. The van der Waals surface area contributed by atoms with Crippen LogP contribution in [0.25, 0.3) is 0 Å². The zero-order valence-corrected chi connectivity index (χ0v) is 10.8. The standard InChI is InChI=1S/C14H19NO4/c16-13(17)7-11-8-15(3-4-19-11)14(18)12-6-9-1-2-10(12)5-9/h1-2,9-12H,3-8H2,(H,16,17)/t9-,10-,11+,12+/m0/s1. The fourth-order valence-corrected chi connectivity index (χ4v) is 3.54. The molecule has 5 nitrogen and oxygen atoms in total.